The number of carbonyl (C=O) groups is 1. The molecule has 1 aliphatic heterocycles. The van der Waals surface area contributed by atoms with Crippen LogP contribution in [0.15, 0.2) is 48.5 Å². The summed E-state index contributed by atoms with van der Waals surface area (Å²) >= 11 is 0. The minimum Gasteiger partial charge on any atom is -0.457 e. The Hall–Kier alpha value is -3.35. The minimum atomic E-state index is -0.570. The van der Waals surface area contributed by atoms with Gasteiger partial charge in [-0.05, 0) is 57.9 Å². The van der Waals surface area contributed by atoms with E-state index in [9.17, 15) is 14.9 Å². The summed E-state index contributed by atoms with van der Waals surface area (Å²) in [5.74, 6) is 1.23. The molecule has 0 unspecified atom stereocenters. The van der Waals surface area contributed by atoms with Gasteiger partial charge in [-0.25, -0.2) is 4.79 Å². The van der Waals surface area contributed by atoms with Crippen LogP contribution in [0, 0.1) is 17.0 Å². The first-order valence-electron chi connectivity index (χ1n) is 9.84. The van der Waals surface area contributed by atoms with Crippen molar-refractivity contribution in [2.45, 2.75) is 39.7 Å². The Kier molecular flexibility index (Phi) is 6.10. The van der Waals surface area contributed by atoms with Crippen molar-refractivity contribution in [3.63, 3.8) is 0 Å². The van der Waals surface area contributed by atoms with Gasteiger partial charge < -0.3 is 14.4 Å². The molecule has 158 valence electrons. The molecule has 0 saturated carbocycles. The zero-order valence-corrected chi connectivity index (χ0v) is 17.7. The maximum atomic E-state index is 12.3. The third kappa shape index (κ3) is 4.97. The molecular weight excluding hydrogens is 384 g/mol. The highest BCUT2D eigenvalue weighted by atomic mass is 16.6. The van der Waals surface area contributed by atoms with Gasteiger partial charge in [0, 0.05) is 24.7 Å². The molecule has 0 fully saturated rings. The van der Waals surface area contributed by atoms with Crippen LogP contribution in [0.2, 0.25) is 0 Å². The fourth-order valence-corrected chi connectivity index (χ4v) is 3.35. The van der Waals surface area contributed by atoms with E-state index in [1.54, 1.807) is 11.0 Å². The van der Waals surface area contributed by atoms with E-state index in [2.05, 4.69) is 0 Å². The molecule has 2 aromatic carbocycles. The molecule has 1 heterocycles. The summed E-state index contributed by atoms with van der Waals surface area (Å²) in [6, 6.07) is 12.4. The largest absolute Gasteiger partial charge is 0.457 e. The Balaban J connectivity index is 1.90. The molecular formula is C23H26N2O5. The Bertz CT molecular complexity index is 977. The summed E-state index contributed by atoms with van der Waals surface area (Å²) in [6.07, 6.45) is 1.97. The number of nitro benzene ring substituents is 1. The number of para-hydroxylation sites is 1. The second-order valence-corrected chi connectivity index (χ2v) is 8.16. The Labute approximate surface area is 176 Å². The maximum absolute atomic E-state index is 12.3. The van der Waals surface area contributed by atoms with E-state index in [0.29, 0.717) is 42.1 Å². The topological polar surface area (TPSA) is 81.9 Å². The molecule has 1 amide bonds. The van der Waals surface area contributed by atoms with E-state index >= 15 is 0 Å². The first-order valence-corrected chi connectivity index (χ1v) is 9.84. The van der Waals surface area contributed by atoms with Crippen molar-refractivity contribution >= 4 is 17.4 Å². The van der Waals surface area contributed by atoms with Crippen LogP contribution in [0.4, 0.5) is 10.5 Å². The molecule has 3 rings (SSSR count). The Morgan fingerprint density at radius 1 is 1.13 bits per heavy atom. The summed E-state index contributed by atoms with van der Waals surface area (Å²) in [5, 5.41) is 11.7. The molecule has 0 spiro atoms. The number of hydrogen-bond acceptors (Lipinski definition) is 5. The molecule has 0 saturated heterocycles. The van der Waals surface area contributed by atoms with E-state index in [4.69, 9.17) is 9.47 Å². The minimum absolute atomic E-state index is 0.0323. The number of rotatable bonds is 4. The summed E-state index contributed by atoms with van der Waals surface area (Å²) in [7, 11) is 0. The normalized spacial score (nSPS) is 14.1. The van der Waals surface area contributed by atoms with Crippen LogP contribution in [-0.2, 0) is 4.74 Å². The first kappa shape index (κ1) is 21.4. The lowest BCUT2D eigenvalue weighted by molar-refractivity contribution is -0.385. The van der Waals surface area contributed by atoms with Gasteiger partial charge in [0.25, 0.3) is 5.69 Å². The summed E-state index contributed by atoms with van der Waals surface area (Å²) in [5.41, 5.74) is 1.55. The molecule has 30 heavy (non-hydrogen) atoms. The third-order valence-corrected chi connectivity index (χ3v) is 4.74. The van der Waals surface area contributed by atoms with Crippen molar-refractivity contribution in [3.05, 3.63) is 69.8 Å². The Morgan fingerprint density at radius 3 is 2.40 bits per heavy atom. The number of nitro groups is 1. The van der Waals surface area contributed by atoms with Crippen molar-refractivity contribution in [2.75, 3.05) is 13.1 Å². The van der Waals surface area contributed by atoms with Crippen molar-refractivity contribution in [2.24, 2.45) is 0 Å². The van der Waals surface area contributed by atoms with Crippen LogP contribution in [0.1, 0.15) is 38.3 Å². The maximum Gasteiger partial charge on any atom is 0.410 e. The lowest BCUT2D eigenvalue weighted by atomic mass is 9.93. The smallest absolute Gasteiger partial charge is 0.410 e. The predicted molar refractivity (Wildman–Crippen MR) is 115 cm³/mol. The summed E-state index contributed by atoms with van der Waals surface area (Å²) in [4.78, 5) is 25.2. The fourth-order valence-electron chi connectivity index (χ4n) is 3.35. The molecule has 0 atom stereocenters. The van der Waals surface area contributed by atoms with E-state index in [1.165, 1.54) is 6.07 Å². The highest BCUT2D eigenvalue weighted by Crippen LogP contribution is 2.39. The van der Waals surface area contributed by atoms with Gasteiger partial charge in [0.1, 0.15) is 17.1 Å². The number of benzene rings is 2. The fraction of sp³-hybridized carbons (Fsp3) is 0.348. The van der Waals surface area contributed by atoms with E-state index in [-0.39, 0.29) is 16.7 Å². The molecule has 7 heteroatoms. The second kappa shape index (κ2) is 8.57. The van der Waals surface area contributed by atoms with Crippen LogP contribution in [-0.4, -0.2) is 34.6 Å². The number of nitrogens with zero attached hydrogens (tertiary/aromatic N) is 2. The number of carbonyl (C=O) groups excluding carboxylic acids is 1. The average Bonchev–Trinajstić information content (AvgIpc) is 2.69. The van der Waals surface area contributed by atoms with Gasteiger partial charge in [-0.3, -0.25) is 10.1 Å². The first-order chi connectivity index (χ1) is 14.2. The van der Waals surface area contributed by atoms with Crippen LogP contribution in [0.25, 0.3) is 5.57 Å². The van der Waals surface area contributed by atoms with Crippen LogP contribution >= 0.6 is 0 Å². The molecule has 0 bridgehead atoms. The number of hydrogen-bond donors (Lipinski definition) is 0. The van der Waals surface area contributed by atoms with Gasteiger partial charge in [0.15, 0.2) is 0 Å². The standard InChI is InChI=1S/C23H26N2O5/c1-16-20(29-18-8-6-5-7-9-18)11-10-19(25(27)28)21(16)17-12-14-24(15-13-17)22(26)30-23(2,3)4/h5-12H,13-15H2,1-4H3. The van der Waals surface area contributed by atoms with Crippen molar-refractivity contribution in [3.8, 4) is 11.5 Å². The predicted octanol–water partition coefficient (Wildman–Crippen LogP) is 5.72. The summed E-state index contributed by atoms with van der Waals surface area (Å²) < 4.78 is 11.4. The monoisotopic (exact) mass is 410 g/mol. The molecule has 0 N–H and O–H groups in total. The SMILES string of the molecule is Cc1c(Oc2ccccc2)ccc([N+](=O)[O-])c1C1=CCN(C(=O)OC(C)(C)C)CC1. The average molecular weight is 410 g/mol. The van der Waals surface area contributed by atoms with Crippen LogP contribution in [0.5, 0.6) is 11.5 Å². The highest BCUT2D eigenvalue weighted by Gasteiger charge is 2.28. The van der Waals surface area contributed by atoms with Crippen molar-refractivity contribution in [1.82, 2.24) is 4.90 Å². The van der Waals surface area contributed by atoms with E-state index < -0.39 is 5.60 Å². The molecule has 0 aromatic heterocycles. The van der Waals surface area contributed by atoms with Gasteiger partial charge in [-0.2, -0.15) is 0 Å². The number of amides is 1. The van der Waals surface area contributed by atoms with E-state index in [0.717, 1.165) is 5.57 Å². The molecule has 1 aliphatic rings. The molecule has 7 nitrogen and oxygen atoms in total. The van der Waals surface area contributed by atoms with Gasteiger partial charge >= 0.3 is 6.09 Å². The Morgan fingerprint density at radius 2 is 1.83 bits per heavy atom. The lowest BCUT2D eigenvalue weighted by Gasteiger charge is -2.30. The van der Waals surface area contributed by atoms with E-state index in [1.807, 2.05) is 64.1 Å². The van der Waals surface area contributed by atoms with Crippen molar-refractivity contribution in [1.29, 1.82) is 0 Å². The van der Waals surface area contributed by atoms with Crippen LogP contribution in [0.3, 0.4) is 0 Å². The van der Waals surface area contributed by atoms with Gasteiger partial charge in [0.2, 0.25) is 0 Å². The zero-order chi connectivity index (χ0) is 21.9. The molecule has 0 radical (unpaired) electrons. The molecule has 0 aliphatic carbocycles. The number of ether oxygens (including phenoxy) is 2. The van der Waals surface area contributed by atoms with Crippen molar-refractivity contribution < 1.29 is 19.2 Å². The second-order valence-electron chi connectivity index (χ2n) is 8.16. The summed E-state index contributed by atoms with van der Waals surface area (Å²) in [6.45, 7) is 8.05. The quantitative estimate of drug-likeness (QED) is 0.476. The van der Waals surface area contributed by atoms with Gasteiger partial charge in [-0.15, -0.1) is 0 Å². The van der Waals surface area contributed by atoms with Gasteiger partial charge in [-0.1, -0.05) is 24.3 Å². The third-order valence-electron chi connectivity index (χ3n) is 4.74. The zero-order valence-electron chi connectivity index (χ0n) is 17.7. The van der Waals surface area contributed by atoms with Crippen LogP contribution < -0.4 is 4.74 Å². The van der Waals surface area contributed by atoms with Gasteiger partial charge in [0.05, 0.1) is 10.5 Å². The lowest BCUT2D eigenvalue weighted by Crippen LogP contribution is -2.39. The highest BCUT2D eigenvalue weighted by molar-refractivity contribution is 5.79. The molecule has 2 aromatic rings.